The average Bonchev–Trinajstić information content (AvgIpc) is 2.84. The Morgan fingerprint density at radius 3 is 2.67 bits per heavy atom. The quantitative estimate of drug-likeness (QED) is 0.799. The first-order chi connectivity index (χ1) is 10.2. The first-order valence-corrected chi connectivity index (χ1v) is 7.27. The van der Waals surface area contributed by atoms with Crippen molar-refractivity contribution in [2.75, 3.05) is 6.54 Å². The lowest BCUT2D eigenvalue weighted by molar-refractivity contribution is 0.626. The number of aromatic nitrogens is 3. The highest BCUT2D eigenvalue weighted by atomic mass is 15.3. The molecular formula is C17H20N4. The van der Waals surface area contributed by atoms with Crippen molar-refractivity contribution in [3.05, 3.63) is 59.7 Å². The molecule has 1 unspecified atom stereocenters. The molecule has 21 heavy (non-hydrogen) atoms. The second kappa shape index (κ2) is 5.66. The highest BCUT2D eigenvalue weighted by molar-refractivity contribution is 5.85. The molecule has 1 atom stereocenters. The Labute approximate surface area is 124 Å². The van der Waals surface area contributed by atoms with Crippen LogP contribution in [-0.4, -0.2) is 21.3 Å². The van der Waals surface area contributed by atoms with Crippen LogP contribution < -0.4 is 5.32 Å². The molecule has 0 aliphatic carbocycles. The minimum absolute atomic E-state index is 0.113. The van der Waals surface area contributed by atoms with Crippen LogP contribution in [0.5, 0.6) is 0 Å². The van der Waals surface area contributed by atoms with Crippen LogP contribution in [0.4, 0.5) is 0 Å². The van der Waals surface area contributed by atoms with Crippen molar-refractivity contribution >= 4 is 10.8 Å². The van der Waals surface area contributed by atoms with Crippen molar-refractivity contribution < 1.29 is 0 Å². The van der Waals surface area contributed by atoms with Crippen LogP contribution in [0.25, 0.3) is 10.8 Å². The van der Waals surface area contributed by atoms with Crippen LogP contribution in [0.3, 0.4) is 0 Å². The molecule has 0 radical (unpaired) electrons. The van der Waals surface area contributed by atoms with Gasteiger partial charge in [0.25, 0.3) is 0 Å². The molecule has 4 nitrogen and oxygen atoms in total. The van der Waals surface area contributed by atoms with E-state index in [0.717, 1.165) is 6.54 Å². The third-order valence-electron chi connectivity index (χ3n) is 4.00. The molecule has 0 saturated carbocycles. The Morgan fingerprint density at radius 1 is 1.14 bits per heavy atom. The van der Waals surface area contributed by atoms with Crippen LogP contribution >= 0.6 is 0 Å². The van der Waals surface area contributed by atoms with Gasteiger partial charge in [0.05, 0.1) is 12.2 Å². The Bertz CT molecular complexity index is 755. The fourth-order valence-corrected chi connectivity index (χ4v) is 2.76. The highest BCUT2D eigenvalue weighted by Crippen LogP contribution is 2.29. The van der Waals surface area contributed by atoms with Gasteiger partial charge in [-0.05, 0) is 24.4 Å². The van der Waals surface area contributed by atoms with Crippen LogP contribution in [0.1, 0.15) is 29.8 Å². The van der Waals surface area contributed by atoms with Gasteiger partial charge < -0.3 is 5.32 Å². The van der Waals surface area contributed by atoms with Gasteiger partial charge in [-0.15, -0.1) is 0 Å². The average molecular weight is 280 g/mol. The Balaban J connectivity index is 2.18. The second-order valence-corrected chi connectivity index (χ2v) is 5.25. The molecule has 0 saturated heterocycles. The summed E-state index contributed by atoms with van der Waals surface area (Å²) in [4.78, 5) is 4.41. The van der Waals surface area contributed by atoms with Gasteiger partial charge in [0, 0.05) is 36.1 Å². The number of fused-ring (bicyclic) bond motifs is 1. The summed E-state index contributed by atoms with van der Waals surface area (Å²) in [5.74, 6) is 0. The van der Waals surface area contributed by atoms with Crippen LogP contribution in [-0.2, 0) is 7.05 Å². The number of hydrogen-bond acceptors (Lipinski definition) is 3. The lowest BCUT2D eigenvalue weighted by Gasteiger charge is -2.19. The molecule has 3 aromatic rings. The molecule has 3 rings (SSSR count). The molecule has 108 valence electrons. The summed E-state index contributed by atoms with van der Waals surface area (Å²) >= 11 is 0. The van der Waals surface area contributed by atoms with Crippen LogP contribution in [0, 0.1) is 6.92 Å². The molecule has 1 N–H and O–H groups in total. The minimum Gasteiger partial charge on any atom is -0.306 e. The van der Waals surface area contributed by atoms with Gasteiger partial charge in [-0.25, -0.2) is 0 Å². The third kappa shape index (κ3) is 2.43. The molecular weight excluding hydrogens is 260 g/mol. The third-order valence-corrected chi connectivity index (χ3v) is 4.00. The number of benzene rings is 1. The summed E-state index contributed by atoms with van der Waals surface area (Å²) in [5, 5.41) is 10.4. The smallest absolute Gasteiger partial charge is 0.0631 e. The van der Waals surface area contributed by atoms with Crippen molar-refractivity contribution in [3.63, 3.8) is 0 Å². The Morgan fingerprint density at radius 2 is 1.95 bits per heavy atom. The molecule has 1 aromatic carbocycles. The molecule has 0 aliphatic rings. The SMILES string of the molecule is CCNC(c1cnn(C)c1C)c1cncc2ccccc12. The van der Waals surface area contributed by atoms with Gasteiger partial charge in [-0.2, -0.15) is 5.10 Å². The monoisotopic (exact) mass is 280 g/mol. The zero-order valence-corrected chi connectivity index (χ0v) is 12.7. The van der Waals surface area contributed by atoms with E-state index in [1.165, 1.54) is 27.6 Å². The van der Waals surface area contributed by atoms with Crippen molar-refractivity contribution in [2.24, 2.45) is 7.05 Å². The number of nitrogens with one attached hydrogen (secondary N) is 1. The minimum atomic E-state index is 0.113. The molecule has 0 fully saturated rings. The van der Waals surface area contributed by atoms with E-state index in [1.54, 1.807) is 0 Å². The first-order valence-electron chi connectivity index (χ1n) is 7.27. The normalized spacial score (nSPS) is 12.7. The molecule has 0 amide bonds. The van der Waals surface area contributed by atoms with Crippen molar-refractivity contribution in [1.82, 2.24) is 20.1 Å². The van der Waals surface area contributed by atoms with Crippen molar-refractivity contribution in [1.29, 1.82) is 0 Å². The highest BCUT2D eigenvalue weighted by Gasteiger charge is 2.20. The molecule has 2 aromatic heterocycles. The molecule has 0 bridgehead atoms. The van der Waals surface area contributed by atoms with Crippen LogP contribution in [0.2, 0.25) is 0 Å². The van der Waals surface area contributed by atoms with Gasteiger partial charge >= 0.3 is 0 Å². The Kier molecular flexibility index (Phi) is 3.71. The van der Waals surface area contributed by atoms with Crippen LogP contribution in [0.15, 0.2) is 42.9 Å². The predicted octanol–water partition coefficient (Wildman–Crippen LogP) is 2.98. The zero-order chi connectivity index (χ0) is 14.8. The maximum absolute atomic E-state index is 4.41. The second-order valence-electron chi connectivity index (χ2n) is 5.25. The maximum Gasteiger partial charge on any atom is 0.0631 e. The summed E-state index contributed by atoms with van der Waals surface area (Å²) < 4.78 is 1.91. The number of pyridine rings is 1. The van der Waals surface area contributed by atoms with Gasteiger partial charge in [-0.1, -0.05) is 31.2 Å². The van der Waals surface area contributed by atoms with E-state index in [0.29, 0.717) is 0 Å². The van der Waals surface area contributed by atoms with Crippen molar-refractivity contribution in [3.8, 4) is 0 Å². The number of rotatable bonds is 4. The van der Waals surface area contributed by atoms with Gasteiger partial charge in [0.1, 0.15) is 0 Å². The summed E-state index contributed by atoms with van der Waals surface area (Å²) in [6, 6.07) is 8.49. The van der Waals surface area contributed by atoms with Gasteiger partial charge in [-0.3, -0.25) is 9.67 Å². The topological polar surface area (TPSA) is 42.7 Å². The fraction of sp³-hybridized carbons (Fsp3) is 0.294. The standard InChI is InChI=1S/C17H20N4/c1-4-19-17(15-11-20-21(3)12(15)2)16-10-18-9-13-7-5-6-8-14(13)16/h5-11,17,19H,4H2,1-3H3. The summed E-state index contributed by atoms with van der Waals surface area (Å²) in [6.07, 6.45) is 5.82. The van der Waals surface area contributed by atoms with E-state index < -0.39 is 0 Å². The first kappa shape index (κ1) is 13.8. The maximum atomic E-state index is 4.41. The van der Waals surface area contributed by atoms with Gasteiger partial charge in [0.15, 0.2) is 0 Å². The number of aryl methyl sites for hydroxylation is 1. The van der Waals surface area contributed by atoms with E-state index in [4.69, 9.17) is 0 Å². The summed E-state index contributed by atoms with van der Waals surface area (Å²) in [5.41, 5.74) is 3.58. The number of hydrogen-bond donors (Lipinski definition) is 1. The van der Waals surface area contributed by atoms with Gasteiger partial charge in [0.2, 0.25) is 0 Å². The van der Waals surface area contributed by atoms with E-state index in [9.17, 15) is 0 Å². The fourth-order valence-electron chi connectivity index (χ4n) is 2.76. The largest absolute Gasteiger partial charge is 0.306 e. The molecule has 0 spiro atoms. The number of nitrogens with zero attached hydrogens (tertiary/aromatic N) is 3. The lowest BCUT2D eigenvalue weighted by Crippen LogP contribution is -2.23. The summed E-state index contributed by atoms with van der Waals surface area (Å²) in [7, 11) is 1.98. The van der Waals surface area contributed by atoms with E-state index in [1.807, 2.05) is 36.4 Å². The lowest BCUT2D eigenvalue weighted by atomic mass is 9.96. The summed E-state index contributed by atoms with van der Waals surface area (Å²) in [6.45, 7) is 5.12. The molecule has 0 aliphatic heterocycles. The molecule has 2 heterocycles. The van der Waals surface area contributed by atoms with E-state index >= 15 is 0 Å². The van der Waals surface area contributed by atoms with E-state index in [2.05, 4.69) is 47.4 Å². The zero-order valence-electron chi connectivity index (χ0n) is 12.7. The van der Waals surface area contributed by atoms with E-state index in [-0.39, 0.29) is 6.04 Å². The predicted molar refractivity (Wildman–Crippen MR) is 85.2 cm³/mol. The Hall–Kier alpha value is -2.20. The molecule has 4 heteroatoms. The van der Waals surface area contributed by atoms with Crippen molar-refractivity contribution in [2.45, 2.75) is 19.9 Å².